The van der Waals surface area contributed by atoms with E-state index in [-0.39, 0.29) is 19.0 Å². The van der Waals surface area contributed by atoms with Crippen molar-refractivity contribution in [3.63, 3.8) is 0 Å². The first kappa shape index (κ1) is 20.9. The number of hydrogen-bond donors (Lipinski definition) is 0. The molecule has 0 saturated carbocycles. The maximum Gasteiger partial charge on any atom is 0.338 e. The lowest BCUT2D eigenvalue weighted by Gasteiger charge is -2.26. The van der Waals surface area contributed by atoms with Crippen LogP contribution in [0.3, 0.4) is 0 Å². The lowest BCUT2D eigenvalue weighted by molar-refractivity contribution is 0.0472. The van der Waals surface area contributed by atoms with Gasteiger partial charge in [-0.15, -0.1) is 0 Å². The number of hydrogen-bond acceptors (Lipinski definition) is 6. The van der Waals surface area contributed by atoms with E-state index in [0.29, 0.717) is 35.2 Å². The number of sulfonamides is 1. The Hall–Kier alpha value is -2.36. The van der Waals surface area contributed by atoms with Gasteiger partial charge in [-0.25, -0.2) is 17.6 Å². The van der Waals surface area contributed by atoms with Crippen LogP contribution in [0, 0.1) is 5.82 Å². The molecular formula is C20H19ClFNO6S. The number of carbonyl (C=O) groups excluding carboxylic acids is 1. The molecule has 0 radical (unpaired) electrons. The summed E-state index contributed by atoms with van der Waals surface area (Å²) in [4.78, 5) is 11.9. The molecule has 10 heteroatoms. The number of nitrogens with zero attached hydrogens (tertiary/aromatic N) is 1. The minimum atomic E-state index is -4.03. The minimum absolute atomic E-state index is 0.0566. The quantitative estimate of drug-likeness (QED) is 0.639. The predicted octanol–water partition coefficient (Wildman–Crippen LogP) is 3.74. The number of piperidine rings is 1. The van der Waals surface area contributed by atoms with Crippen LogP contribution < -0.4 is 9.47 Å². The fourth-order valence-electron chi connectivity index (χ4n) is 3.41. The van der Waals surface area contributed by atoms with Crippen LogP contribution in [0.5, 0.6) is 11.5 Å². The Labute approximate surface area is 178 Å². The first-order valence-electron chi connectivity index (χ1n) is 9.41. The van der Waals surface area contributed by atoms with Gasteiger partial charge >= 0.3 is 5.97 Å². The monoisotopic (exact) mass is 455 g/mol. The highest BCUT2D eigenvalue weighted by molar-refractivity contribution is 7.89. The summed E-state index contributed by atoms with van der Waals surface area (Å²) in [5.41, 5.74) is 0.514. The average molecular weight is 456 g/mol. The number of rotatable bonds is 5. The first-order chi connectivity index (χ1) is 14.4. The van der Waals surface area contributed by atoms with Gasteiger partial charge in [0.2, 0.25) is 16.8 Å². The predicted molar refractivity (Wildman–Crippen MR) is 106 cm³/mol. The molecule has 0 amide bonds. The topological polar surface area (TPSA) is 82.1 Å². The van der Waals surface area contributed by atoms with Crippen LogP contribution in [0.1, 0.15) is 35.2 Å². The zero-order chi connectivity index (χ0) is 21.3. The maximum absolute atomic E-state index is 14.3. The second-order valence-corrected chi connectivity index (χ2v) is 9.31. The largest absolute Gasteiger partial charge is 0.457 e. The molecule has 1 fully saturated rings. The molecule has 2 aliphatic heterocycles. The molecule has 0 N–H and O–H groups in total. The normalized spacial score (nSPS) is 16.5. The summed E-state index contributed by atoms with van der Waals surface area (Å²) in [7, 11) is -4.03. The molecule has 30 heavy (non-hydrogen) atoms. The van der Waals surface area contributed by atoms with E-state index in [1.807, 2.05) is 0 Å². The Kier molecular flexibility index (Phi) is 5.86. The molecule has 2 heterocycles. The van der Waals surface area contributed by atoms with Crippen LogP contribution in [0.25, 0.3) is 0 Å². The highest BCUT2D eigenvalue weighted by atomic mass is 35.5. The molecule has 160 valence electrons. The number of ether oxygens (including phenoxy) is 3. The van der Waals surface area contributed by atoms with Gasteiger partial charge in [-0.2, -0.15) is 4.31 Å². The van der Waals surface area contributed by atoms with Crippen molar-refractivity contribution >= 4 is 27.6 Å². The van der Waals surface area contributed by atoms with E-state index in [9.17, 15) is 17.6 Å². The number of carbonyl (C=O) groups is 1. The van der Waals surface area contributed by atoms with Crippen LogP contribution in [-0.4, -0.2) is 38.6 Å². The third-order valence-corrected chi connectivity index (χ3v) is 7.15. The third-order valence-electron chi connectivity index (χ3n) is 4.96. The number of fused-ring (bicyclic) bond motifs is 1. The molecule has 0 atom stereocenters. The highest BCUT2D eigenvalue weighted by Gasteiger charge is 2.29. The minimum Gasteiger partial charge on any atom is -0.457 e. The molecule has 0 bridgehead atoms. The Bertz CT molecular complexity index is 1080. The lowest BCUT2D eigenvalue weighted by atomic mass is 10.2. The fraction of sp³-hybridized carbons (Fsp3) is 0.350. The summed E-state index contributed by atoms with van der Waals surface area (Å²) in [5.74, 6) is -0.804. The van der Waals surface area contributed by atoms with Gasteiger partial charge in [-0.3, -0.25) is 0 Å². The molecule has 4 rings (SSSR count). The van der Waals surface area contributed by atoms with Gasteiger partial charge in [0.25, 0.3) is 0 Å². The van der Waals surface area contributed by atoms with E-state index < -0.39 is 26.7 Å². The summed E-state index contributed by atoms with van der Waals surface area (Å²) in [6.07, 6.45) is 2.38. The molecular weight excluding hydrogens is 437 g/mol. The van der Waals surface area contributed by atoms with E-state index in [2.05, 4.69) is 0 Å². The molecule has 7 nitrogen and oxygen atoms in total. The van der Waals surface area contributed by atoms with Gasteiger partial charge in [-0.1, -0.05) is 18.0 Å². The van der Waals surface area contributed by atoms with Crippen LogP contribution in [0.4, 0.5) is 4.39 Å². The highest BCUT2D eigenvalue weighted by Crippen LogP contribution is 2.40. The molecule has 0 aliphatic carbocycles. The van der Waals surface area contributed by atoms with Crippen molar-refractivity contribution in [1.82, 2.24) is 4.31 Å². The number of benzene rings is 2. The van der Waals surface area contributed by atoms with Crippen molar-refractivity contribution in [1.29, 1.82) is 0 Å². The SMILES string of the molecule is O=C(OCc1cc(Cl)c2c(c1)OCO2)c1ccc(F)c(S(=O)(=O)N2CCCCC2)c1. The fourth-order valence-corrected chi connectivity index (χ4v) is 5.30. The maximum atomic E-state index is 14.3. The lowest BCUT2D eigenvalue weighted by Crippen LogP contribution is -2.36. The molecule has 2 aliphatic rings. The van der Waals surface area contributed by atoms with Gasteiger partial charge in [-0.05, 0) is 48.7 Å². The standard InChI is InChI=1S/C20H19ClFNO6S/c21-15-8-13(9-17-19(15)29-12-28-17)11-27-20(24)14-4-5-16(22)18(10-14)30(25,26)23-6-2-1-3-7-23/h4-5,8-10H,1-3,6-7,11-12H2. The molecule has 2 aromatic carbocycles. The van der Waals surface area contributed by atoms with Crippen molar-refractivity contribution in [3.05, 3.63) is 52.3 Å². The summed E-state index contributed by atoms with van der Waals surface area (Å²) >= 11 is 6.11. The Morgan fingerprint density at radius 3 is 2.67 bits per heavy atom. The number of halogens is 2. The van der Waals surface area contributed by atoms with Gasteiger partial charge in [0.05, 0.1) is 10.6 Å². The van der Waals surface area contributed by atoms with Crippen LogP contribution in [0.15, 0.2) is 35.2 Å². The summed E-state index contributed by atoms with van der Waals surface area (Å²) in [5, 5.41) is 0.327. The summed E-state index contributed by atoms with van der Waals surface area (Å²) in [6.45, 7) is 0.603. The van der Waals surface area contributed by atoms with Crippen molar-refractivity contribution in [3.8, 4) is 11.5 Å². The van der Waals surface area contributed by atoms with Crippen molar-refractivity contribution < 1.29 is 31.8 Å². The molecule has 0 spiro atoms. The van der Waals surface area contributed by atoms with Crippen molar-refractivity contribution in [2.24, 2.45) is 0 Å². The Morgan fingerprint density at radius 2 is 1.90 bits per heavy atom. The van der Waals surface area contributed by atoms with Crippen LogP contribution in [-0.2, 0) is 21.4 Å². The van der Waals surface area contributed by atoms with Gasteiger partial charge < -0.3 is 14.2 Å². The van der Waals surface area contributed by atoms with Crippen LogP contribution in [0.2, 0.25) is 5.02 Å². The number of esters is 1. The van der Waals surface area contributed by atoms with E-state index in [1.165, 1.54) is 10.4 Å². The average Bonchev–Trinajstić information content (AvgIpc) is 3.22. The van der Waals surface area contributed by atoms with Gasteiger partial charge in [0.1, 0.15) is 17.3 Å². The Balaban J connectivity index is 1.51. The second kappa shape index (κ2) is 8.41. The molecule has 2 aromatic rings. The summed E-state index contributed by atoms with van der Waals surface area (Å²) in [6, 6.07) is 6.40. The van der Waals surface area contributed by atoms with Crippen LogP contribution >= 0.6 is 11.6 Å². The molecule has 1 saturated heterocycles. The van der Waals surface area contributed by atoms with Gasteiger partial charge in [0.15, 0.2) is 11.5 Å². The van der Waals surface area contributed by atoms with E-state index in [4.69, 9.17) is 25.8 Å². The third kappa shape index (κ3) is 4.10. The van der Waals surface area contributed by atoms with Gasteiger partial charge in [0, 0.05) is 13.1 Å². The zero-order valence-corrected chi connectivity index (χ0v) is 17.5. The first-order valence-corrected chi connectivity index (χ1v) is 11.2. The summed E-state index contributed by atoms with van der Waals surface area (Å²) < 4.78 is 56.9. The second-order valence-electron chi connectivity index (χ2n) is 7.00. The molecule has 0 unspecified atom stereocenters. The molecule has 0 aromatic heterocycles. The zero-order valence-electron chi connectivity index (χ0n) is 15.9. The van der Waals surface area contributed by atoms with Crippen molar-refractivity contribution in [2.45, 2.75) is 30.8 Å². The van der Waals surface area contributed by atoms with E-state index in [0.717, 1.165) is 31.4 Å². The van der Waals surface area contributed by atoms with E-state index in [1.54, 1.807) is 12.1 Å². The smallest absolute Gasteiger partial charge is 0.338 e. The van der Waals surface area contributed by atoms with E-state index >= 15 is 0 Å². The Morgan fingerprint density at radius 1 is 1.13 bits per heavy atom. The van der Waals surface area contributed by atoms with Crippen molar-refractivity contribution in [2.75, 3.05) is 19.9 Å².